The first-order valence-corrected chi connectivity index (χ1v) is 11.2. The summed E-state index contributed by atoms with van der Waals surface area (Å²) in [5, 5.41) is 15.5. The normalized spacial score (nSPS) is 12.1. The van der Waals surface area contributed by atoms with E-state index in [2.05, 4.69) is 49.3 Å². The molecule has 0 amide bonds. The molecule has 0 saturated heterocycles. The van der Waals surface area contributed by atoms with Crippen LogP contribution in [0.25, 0.3) is 22.0 Å². The second kappa shape index (κ2) is 11.3. The molecular weight excluding hydrogens is 529 g/mol. The molecule has 11 heteroatoms. The van der Waals surface area contributed by atoms with Gasteiger partial charge in [-0.25, -0.2) is 4.79 Å². The maximum absolute atomic E-state index is 10.6. The molecule has 0 aliphatic rings. The van der Waals surface area contributed by atoms with Crippen LogP contribution in [0.2, 0.25) is 0 Å². The van der Waals surface area contributed by atoms with Crippen LogP contribution in [0.15, 0.2) is 65.4 Å². The van der Waals surface area contributed by atoms with Gasteiger partial charge in [-0.1, -0.05) is 34.1 Å². The third kappa shape index (κ3) is 7.52. The Morgan fingerprint density at radius 2 is 1.91 bits per heavy atom. The lowest BCUT2D eigenvalue weighted by molar-refractivity contribution is -0.192. The van der Waals surface area contributed by atoms with E-state index >= 15 is 0 Å². The molecule has 4 aromatic rings. The number of fused-ring (bicyclic) bond motifs is 1. The van der Waals surface area contributed by atoms with E-state index in [1.54, 1.807) is 6.20 Å². The topological polar surface area (TPSA) is 114 Å². The summed E-state index contributed by atoms with van der Waals surface area (Å²) < 4.78 is 38.7. The number of pyridine rings is 1. The highest BCUT2D eigenvalue weighted by Crippen LogP contribution is 2.27. The Balaban J connectivity index is 0.000000429. The van der Waals surface area contributed by atoms with Crippen LogP contribution in [0, 0.1) is 6.92 Å². The first-order valence-electron chi connectivity index (χ1n) is 10.4. The minimum Gasteiger partial charge on any atom is -0.490 e. The number of nitrogens with zero attached hydrogens (tertiary/aromatic N) is 2. The molecule has 0 spiro atoms. The van der Waals surface area contributed by atoms with Crippen LogP contribution in [0.1, 0.15) is 11.3 Å². The highest BCUT2D eigenvalue weighted by molar-refractivity contribution is 9.10. The summed E-state index contributed by atoms with van der Waals surface area (Å²) in [5.41, 5.74) is 11.5. The smallest absolute Gasteiger partial charge is 0.490 e. The van der Waals surface area contributed by atoms with Gasteiger partial charge in [0.1, 0.15) is 12.4 Å². The van der Waals surface area contributed by atoms with Crippen molar-refractivity contribution < 1.29 is 27.8 Å². The number of alkyl halides is 3. The summed E-state index contributed by atoms with van der Waals surface area (Å²) in [7, 11) is 0. The zero-order chi connectivity index (χ0) is 25.6. The van der Waals surface area contributed by atoms with Crippen molar-refractivity contribution in [3.63, 3.8) is 0 Å². The zero-order valence-electron chi connectivity index (χ0n) is 18.5. The summed E-state index contributed by atoms with van der Waals surface area (Å²) in [6, 6.07) is 16.2. The number of carbonyl (C=O) groups is 1. The van der Waals surface area contributed by atoms with Gasteiger partial charge in [-0.2, -0.15) is 18.3 Å². The van der Waals surface area contributed by atoms with Crippen molar-refractivity contribution in [3.05, 3.63) is 76.7 Å². The molecule has 2 aromatic carbocycles. The molecular formula is C24H22BrF3N4O3. The summed E-state index contributed by atoms with van der Waals surface area (Å²) in [4.78, 5) is 13.2. The van der Waals surface area contributed by atoms with Crippen molar-refractivity contribution in [2.75, 3.05) is 6.61 Å². The molecule has 2 aromatic heterocycles. The summed E-state index contributed by atoms with van der Waals surface area (Å²) in [5.74, 6) is -2.04. The molecule has 7 nitrogen and oxygen atoms in total. The lowest BCUT2D eigenvalue weighted by atomic mass is 10.0. The number of halogens is 4. The van der Waals surface area contributed by atoms with Crippen LogP contribution in [0.4, 0.5) is 13.2 Å². The van der Waals surface area contributed by atoms with Crippen LogP contribution in [-0.2, 0) is 11.2 Å². The van der Waals surface area contributed by atoms with Gasteiger partial charge in [0.05, 0.1) is 11.7 Å². The Kier molecular flexibility index (Phi) is 8.47. The fourth-order valence-corrected chi connectivity index (χ4v) is 3.65. The lowest BCUT2D eigenvalue weighted by Crippen LogP contribution is -2.30. The molecule has 0 saturated carbocycles. The number of hydrogen-bond donors (Lipinski definition) is 3. The number of rotatable bonds is 6. The second-order valence-electron chi connectivity index (χ2n) is 7.70. The number of ether oxygens (including phenoxy) is 1. The van der Waals surface area contributed by atoms with E-state index in [9.17, 15) is 13.2 Å². The molecule has 0 bridgehead atoms. The Bertz CT molecular complexity index is 1310. The number of aromatic nitrogens is 3. The maximum Gasteiger partial charge on any atom is 0.490 e. The Hall–Kier alpha value is -3.44. The number of aryl methyl sites for hydroxylation is 1. The summed E-state index contributed by atoms with van der Waals surface area (Å²) in [6.07, 6.45) is -0.773. The molecule has 35 heavy (non-hydrogen) atoms. The van der Waals surface area contributed by atoms with Crippen LogP contribution >= 0.6 is 15.9 Å². The number of nitrogens with one attached hydrogen (secondary N) is 1. The van der Waals surface area contributed by atoms with E-state index in [-0.39, 0.29) is 6.04 Å². The SMILES string of the molecule is Cc1[nH]nc2ccc(-c3cncc(OC[C@@H](N)Cc4cccc(Br)c4)c3)cc12.O=C(O)C(F)(F)F. The van der Waals surface area contributed by atoms with Crippen molar-refractivity contribution in [1.29, 1.82) is 0 Å². The van der Waals surface area contributed by atoms with Gasteiger partial charge in [-0.15, -0.1) is 0 Å². The quantitative estimate of drug-likeness (QED) is 0.301. The van der Waals surface area contributed by atoms with Crippen LogP contribution < -0.4 is 10.5 Å². The van der Waals surface area contributed by atoms with E-state index in [4.69, 9.17) is 20.4 Å². The van der Waals surface area contributed by atoms with Crippen molar-refractivity contribution in [2.45, 2.75) is 25.6 Å². The van der Waals surface area contributed by atoms with Gasteiger partial charge in [-0.3, -0.25) is 10.1 Å². The number of carboxylic acid groups (broad SMARTS) is 1. The fourth-order valence-electron chi connectivity index (χ4n) is 3.20. The van der Waals surface area contributed by atoms with Gasteiger partial charge >= 0.3 is 12.1 Å². The molecule has 0 aliphatic carbocycles. The van der Waals surface area contributed by atoms with Crippen molar-refractivity contribution in [2.24, 2.45) is 5.73 Å². The standard InChI is InChI=1S/C22H21BrN4O.C2HF3O2/c1-14-21-10-16(5-6-22(21)27-26-14)17-9-20(12-25-11-17)28-13-19(24)8-15-3-2-4-18(23)7-15;3-2(4,5)1(6)7/h2-7,9-12,19H,8,13,24H2,1H3,(H,26,27);(H,6,7)/t19-;/m0./s1. The van der Waals surface area contributed by atoms with E-state index in [0.29, 0.717) is 12.4 Å². The summed E-state index contributed by atoms with van der Waals surface area (Å²) >= 11 is 3.49. The molecule has 184 valence electrons. The molecule has 4 rings (SSSR count). The molecule has 4 N–H and O–H groups in total. The monoisotopic (exact) mass is 550 g/mol. The maximum atomic E-state index is 10.6. The predicted octanol–water partition coefficient (Wildman–Crippen LogP) is 5.28. The van der Waals surface area contributed by atoms with Crippen molar-refractivity contribution in [1.82, 2.24) is 15.2 Å². The van der Waals surface area contributed by atoms with Crippen LogP contribution in [0.3, 0.4) is 0 Å². The van der Waals surface area contributed by atoms with E-state index in [0.717, 1.165) is 38.6 Å². The van der Waals surface area contributed by atoms with Gasteiger partial charge in [0.15, 0.2) is 0 Å². The van der Waals surface area contributed by atoms with Gasteiger partial charge in [0.25, 0.3) is 0 Å². The largest absolute Gasteiger partial charge is 0.490 e. The predicted molar refractivity (Wildman–Crippen MR) is 129 cm³/mol. The van der Waals surface area contributed by atoms with Crippen molar-refractivity contribution in [3.8, 4) is 16.9 Å². The van der Waals surface area contributed by atoms with E-state index in [1.165, 1.54) is 5.56 Å². The number of aromatic amines is 1. The third-order valence-corrected chi connectivity index (χ3v) is 5.38. The van der Waals surface area contributed by atoms with Gasteiger partial charge < -0.3 is 15.6 Å². The third-order valence-electron chi connectivity index (χ3n) is 4.88. The zero-order valence-corrected chi connectivity index (χ0v) is 20.1. The Labute approximate surface area is 207 Å². The van der Waals surface area contributed by atoms with Crippen LogP contribution in [0.5, 0.6) is 5.75 Å². The average molecular weight is 551 g/mol. The number of nitrogens with two attached hydrogens (primary N) is 1. The number of hydrogen-bond acceptors (Lipinski definition) is 5. The van der Waals surface area contributed by atoms with Crippen LogP contribution in [-0.4, -0.2) is 45.1 Å². The van der Waals surface area contributed by atoms with Gasteiger partial charge in [-0.05, 0) is 54.8 Å². The first-order chi connectivity index (χ1) is 16.5. The first kappa shape index (κ1) is 26.2. The molecule has 0 unspecified atom stereocenters. The highest BCUT2D eigenvalue weighted by Gasteiger charge is 2.38. The number of benzene rings is 2. The minimum absolute atomic E-state index is 0.0945. The molecule has 1 atom stereocenters. The van der Waals surface area contributed by atoms with Gasteiger partial charge in [0, 0.05) is 33.4 Å². The molecule has 0 aliphatic heterocycles. The number of H-pyrrole nitrogens is 1. The molecule has 2 heterocycles. The lowest BCUT2D eigenvalue weighted by Gasteiger charge is -2.14. The Morgan fingerprint density at radius 3 is 2.60 bits per heavy atom. The Morgan fingerprint density at radius 1 is 1.17 bits per heavy atom. The fraction of sp³-hybridized carbons (Fsp3) is 0.208. The minimum atomic E-state index is -5.08. The van der Waals surface area contributed by atoms with E-state index in [1.807, 2.05) is 43.5 Å². The molecule has 0 radical (unpaired) electrons. The van der Waals surface area contributed by atoms with Crippen molar-refractivity contribution >= 4 is 32.8 Å². The summed E-state index contributed by atoms with van der Waals surface area (Å²) in [6.45, 7) is 2.45. The van der Waals surface area contributed by atoms with Gasteiger partial charge in [0.2, 0.25) is 0 Å². The number of carboxylic acids is 1. The molecule has 0 fully saturated rings. The second-order valence-corrected chi connectivity index (χ2v) is 8.61. The highest BCUT2D eigenvalue weighted by atomic mass is 79.9. The number of aliphatic carboxylic acids is 1. The average Bonchev–Trinajstić information content (AvgIpc) is 3.18. The van der Waals surface area contributed by atoms with E-state index < -0.39 is 12.1 Å².